The predicted molar refractivity (Wildman–Crippen MR) is 478 cm³/mol. The number of hydrogen-bond acceptors (Lipinski definition) is 23. The molecule has 1 saturated carbocycles. The van der Waals surface area contributed by atoms with E-state index < -0.39 is 209 Å². The summed E-state index contributed by atoms with van der Waals surface area (Å²) in [6, 6.07) is 1.32. The average molecular weight is 1840 g/mol. The Hall–Kier alpha value is -13.7. The number of pyridine rings is 2. The van der Waals surface area contributed by atoms with Crippen LogP contribution in [0.1, 0.15) is 120 Å². The predicted octanol–water partition coefficient (Wildman–Crippen LogP) is -4.00. The smallest absolute Gasteiger partial charge is 0.317 e. The fourth-order valence-electron chi connectivity index (χ4n) is 15.3. The number of thioether (sulfide) groups is 1. The number of carboxylic acid groups (broad SMARTS) is 1. The largest absolute Gasteiger partial charge is 0.480 e. The average Bonchev–Trinajstić information content (AvgIpc) is 1.62. The topological polar surface area (TPSA) is 650 Å². The molecule has 5 heterocycles. The van der Waals surface area contributed by atoms with Crippen molar-refractivity contribution in [3.8, 4) is 0 Å². The van der Waals surface area contributed by atoms with Gasteiger partial charge < -0.3 is 121 Å². The number of aromatic nitrogens is 4. The molecule has 18 amide bonds. The minimum atomic E-state index is -1.98. The van der Waals surface area contributed by atoms with Gasteiger partial charge in [0.2, 0.25) is 94.5 Å². The Morgan fingerprint density at radius 3 is 1.66 bits per heavy atom. The maximum Gasteiger partial charge on any atom is 0.317 e. The van der Waals surface area contributed by atoms with Crippen LogP contribution < -0.4 is 92.1 Å². The Balaban J connectivity index is 1.24. The van der Waals surface area contributed by atoms with Gasteiger partial charge in [0.15, 0.2) is 0 Å². The number of hydrogen-bond donors (Lipinski definition) is 19. The zero-order valence-electron chi connectivity index (χ0n) is 73.9. The number of urea groups is 1. The number of carboxylic acids is 1. The van der Waals surface area contributed by atoms with Crippen molar-refractivity contribution < 1.29 is 96.5 Å². The molecule has 131 heavy (non-hydrogen) atoms. The number of aliphatic carboxylic acids is 1. The number of carbonyl (C=O) groups is 18. The molecule has 4 aromatic heterocycles. The molecular weight excluding hydrogens is 1720 g/mol. The van der Waals surface area contributed by atoms with Gasteiger partial charge in [0.1, 0.15) is 78.1 Å². The maximum absolute atomic E-state index is 15.9. The van der Waals surface area contributed by atoms with Crippen LogP contribution in [0.4, 0.5) is 4.79 Å². The first-order chi connectivity index (χ1) is 62.4. The second-order valence-electron chi connectivity index (χ2n) is 32.7. The number of carbonyl (C=O) groups excluding carboxylic acids is 17. The third-order valence-corrected chi connectivity index (χ3v) is 23.6. The molecule has 0 bridgehead atoms. The lowest BCUT2D eigenvalue weighted by Gasteiger charge is -2.36. The quantitative estimate of drug-likeness (QED) is 0.0184. The van der Waals surface area contributed by atoms with Crippen molar-refractivity contribution in [2.24, 2.45) is 42.9 Å². The Morgan fingerprint density at radius 1 is 0.519 bits per heavy atom. The third-order valence-electron chi connectivity index (χ3n) is 22.6. The molecule has 1 saturated heterocycles. The Labute approximate surface area is 759 Å². The first-order valence-corrected chi connectivity index (χ1v) is 44.3. The molecule has 6 aromatic rings. The van der Waals surface area contributed by atoms with Gasteiger partial charge in [0, 0.05) is 139 Å². The summed E-state index contributed by atoms with van der Waals surface area (Å²) in [6.07, 6.45) is 3.33. The van der Waals surface area contributed by atoms with Gasteiger partial charge in [-0.25, -0.2) is 9.78 Å². The number of nitrogens with one attached hydrogen (secondary N) is 13. The molecule has 13 atom stereocenters. The summed E-state index contributed by atoms with van der Waals surface area (Å²) < 4.78 is 3.43. The highest BCUT2D eigenvalue weighted by atomic mass is 32.2. The summed E-state index contributed by atoms with van der Waals surface area (Å²) >= 11 is 0.758. The fourth-order valence-corrected chi connectivity index (χ4v) is 16.2. The zero-order valence-corrected chi connectivity index (χ0v) is 74.7. The minimum Gasteiger partial charge on any atom is -0.480 e. The zero-order chi connectivity index (χ0) is 95.7. The van der Waals surface area contributed by atoms with E-state index >= 15 is 28.8 Å². The summed E-state index contributed by atoms with van der Waals surface area (Å²) in [4.78, 5) is 267. The number of nitrogens with zero attached hydrogens (tertiary/aromatic N) is 6. The van der Waals surface area contributed by atoms with Crippen molar-refractivity contribution in [2.75, 3.05) is 51.8 Å². The van der Waals surface area contributed by atoms with E-state index in [0.29, 0.717) is 63.5 Å². The van der Waals surface area contributed by atoms with Gasteiger partial charge in [0.05, 0.1) is 24.8 Å². The van der Waals surface area contributed by atoms with Crippen LogP contribution in [0, 0.1) is 5.92 Å². The highest BCUT2D eigenvalue weighted by Crippen LogP contribution is 2.31. The molecule has 2 aliphatic rings. The van der Waals surface area contributed by atoms with E-state index in [1.807, 2.05) is 0 Å². The summed E-state index contributed by atoms with van der Waals surface area (Å²) in [6.45, 7) is 2.17. The molecule has 44 heteroatoms. The van der Waals surface area contributed by atoms with E-state index in [1.165, 1.54) is 39.6 Å². The number of unbranched alkanes of at least 4 members (excludes halogenated alkanes) is 1. The number of benzene rings is 2. The van der Waals surface area contributed by atoms with Crippen molar-refractivity contribution in [3.63, 3.8) is 0 Å². The molecule has 1 aliphatic carbocycles. The molecule has 23 N–H and O–H groups in total. The number of para-hydroxylation sites is 1. The molecule has 0 radical (unpaired) electrons. The fraction of sp³-hybridized carbons (Fsp3) is 0.494. The second kappa shape index (κ2) is 50.3. The van der Waals surface area contributed by atoms with Crippen LogP contribution >= 0.6 is 11.8 Å². The molecular formula is C87H119N23O20S. The molecule has 2 aromatic carbocycles. The van der Waals surface area contributed by atoms with E-state index in [2.05, 4.69) is 79.1 Å². The number of aryl methyl sites for hydroxylation is 2. The number of aliphatic hydroxyl groups excluding tert-OH is 1. The Bertz CT molecular complexity index is 5070. The molecule has 8 rings (SSSR count). The van der Waals surface area contributed by atoms with Gasteiger partial charge in [-0.3, -0.25) is 86.5 Å². The lowest BCUT2D eigenvalue weighted by atomic mass is 9.79. The number of fused-ring (bicyclic) bond motifs is 2. The van der Waals surface area contributed by atoms with Gasteiger partial charge in [-0.15, -0.1) is 11.8 Å². The third kappa shape index (κ3) is 31.3. The normalized spacial score (nSPS) is 22.7. The minimum absolute atomic E-state index is 0.0273. The van der Waals surface area contributed by atoms with Crippen LogP contribution in [0.25, 0.3) is 21.9 Å². The maximum atomic E-state index is 15.9. The van der Waals surface area contributed by atoms with E-state index in [4.69, 9.17) is 28.0 Å². The first-order valence-electron chi connectivity index (χ1n) is 43.1. The van der Waals surface area contributed by atoms with Gasteiger partial charge in [0.25, 0.3) is 0 Å². The van der Waals surface area contributed by atoms with E-state index in [0.717, 1.165) is 28.5 Å². The molecule has 1 aliphatic heterocycles. The number of aliphatic hydroxyl groups is 1. The number of amides is 18. The van der Waals surface area contributed by atoms with E-state index in [-0.39, 0.29) is 110 Å². The highest BCUT2D eigenvalue weighted by molar-refractivity contribution is 8.00. The van der Waals surface area contributed by atoms with Crippen LogP contribution in [0.15, 0.2) is 110 Å². The Morgan fingerprint density at radius 2 is 1.05 bits per heavy atom. The van der Waals surface area contributed by atoms with Crippen molar-refractivity contribution in [3.05, 3.63) is 132 Å². The van der Waals surface area contributed by atoms with Crippen LogP contribution in [-0.2, 0) is 121 Å². The standard InChI is InChI=1S/C87H119N23O20S/c1-48-85(128)109(5)66(38-51-21-17-32-92-42-51)82(125)103-62(41-69(90)114)80(123)106-73(52-22-14-23-52)84(127)100-59(28-16-31-68(89)113)86(129)110(6)65(37-50-19-8-7-9-20-50)81(124)102-60(40-54-45-108(4)75-56(54)25-18-34-94-75)78(121)98-57(26-12-13-33-95-87(130)96-36-35-93-43-71(116)117)76(119)101-61(39-53-44-107(3)64-29-11-10-24-55(53)64)79(122)105-72(49(2)111)83(126)99-58(27-15-30-67(88)112)77(120)104-63(74(91)118)46-131-47-70(115)97-48/h7-11,17-21,24-25,29,32,34,42,44-45,48-49,52,57-63,65-66,72-73,93,111H,12-16,22-23,26-28,30-31,33,35-41,43,46-47H2,1-6H3,(H2,88,112)(H2,89,113)(H2,90,114)(H2,91,118)(H,97,115)(H,98,121)(H,99,126)(H,100,127)(H,101,119)(H,102,124)(H,103,125)(H,104,120)(H,105,122)(H,106,123)(H,116,117)(H2,95,96,130)/t48-,49-,57+,58+,59+,60+,61+,62+,63+,65+,66+,72+,73+/m1/s1. The summed E-state index contributed by atoms with van der Waals surface area (Å²) in [5.41, 5.74) is 25.6. The summed E-state index contributed by atoms with van der Waals surface area (Å²) in [5, 5.41) is 56.0. The molecule has 0 spiro atoms. The van der Waals surface area contributed by atoms with Gasteiger partial charge in [-0.1, -0.05) is 61.0 Å². The van der Waals surface area contributed by atoms with Crippen LogP contribution in [0.3, 0.4) is 0 Å². The van der Waals surface area contributed by atoms with E-state index in [9.17, 15) is 62.6 Å². The molecule has 708 valence electrons. The number of rotatable bonds is 31. The Kier molecular flexibility index (Phi) is 39.5. The lowest BCUT2D eigenvalue weighted by molar-refractivity contribution is -0.144. The van der Waals surface area contributed by atoms with Gasteiger partial charge in [-0.2, -0.15) is 0 Å². The van der Waals surface area contributed by atoms with Crippen molar-refractivity contribution in [2.45, 2.75) is 202 Å². The van der Waals surface area contributed by atoms with Crippen LogP contribution in [0.5, 0.6) is 0 Å². The monoisotopic (exact) mass is 1840 g/mol. The molecule has 0 unspecified atom stereocenters. The van der Waals surface area contributed by atoms with Crippen molar-refractivity contribution in [1.82, 2.24) is 98.0 Å². The van der Waals surface area contributed by atoms with Gasteiger partial charge >= 0.3 is 12.0 Å². The number of primary amides is 4. The highest BCUT2D eigenvalue weighted by Gasteiger charge is 2.43. The second-order valence-corrected chi connectivity index (χ2v) is 33.7. The first kappa shape index (κ1) is 103. The van der Waals surface area contributed by atoms with Crippen LogP contribution in [-0.4, -0.2) is 276 Å². The van der Waals surface area contributed by atoms with Gasteiger partial charge in [-0.05, 0) is 124 Å². The van der Waals surface area contributed by atoms with Crippen LogP contribution in [0.2, 0.25) is 0 Å². The van der Waals surface area contributed by atoms with E-state index in [1.54, 1.807) is 114 Å². The lowest BCUT2D eigenvalue weighted by Crippen LogP contribution is -2.63. The SMILES string of the molecule is C[C@H]1NC(=O)CSC[C@@H](C(N)=O)NC(=O)[C@H](CCCC(N)=O)NC(=O)[C@H]([C@@H](C)O)NC(=O)[C@H](Cc2cn(C)c3ccccc23)NC(=O)[C@H](CCCCNC(=O)NCCNCC(=O)O)NC(=O)[C@H](Cc2cn(C)c3ncccc23)NC(=O)[C@H](Cc2ccccc2)N(C)C(=O)[C@H](CCCC(N)=O)NC(=O)[C@H](C2CCC2)NC(=O)[C@H](CC(N)=O)NC(=O)[C@H](Cc2cccnc2)N(C)C1=O. The van der Waals surface area contributed by atoms with Crippen molar-refractivity contribution in [1.29, 1.82) is 0 Å². The number of likely N-dealkylation sites (N-methyl/N-ethyl adjacent to an activating group) is 2. The summed E-state index contributed by atoms with van der Waals surface area (Å²) in [7, 11) is 5.92. The summed E-state index contributed by atoms with van der Waals surface area (Å²) in [5.74, 6) is -18.6. The number of nitrogens with two attached hydrogens (primary N) is 4. The van der Waals surface area contributed by atoms with Crippen molar-refractivity contribution >= 4 is 140 Å². The molecule has 2 fully saturated rings. The molecule has 43 nitrogen and oxygen atoms in total.